The molecule has 2 bridgehead atoms. The van der Waals surface area contributed by atoms with Crippen LogP contribution in [0.5, 0.6) is 0 Å². The molecule has 0 aromatic heterocycles. The highest BCUT2D eigenvalue weighted by Gasteiger charge is 2.53. The quantitative estimate of drug-likeness (QED) is 0.839. The van der Waals surface area contributed by atoms with Crippen molar-refractivity contribution in [3.8, 4) is 0 Å². The average molecular weight is 293 g/mol. The highest BCUT2D eigenvalue weighted by atomic mass is 19.4. The molecular formula is C13H18F3NO3. The number of nitrogens with zero attached hydrogens (tertiary/aromatic N) is 1. The van der Waals surface area contributed by atoms with Crippen molar-refractivity contribution >= 4 is 5.91 Å². The minimum absolute atomic E-state index is 0.00620. The minimum atomic E-state index is -4.14. The molecule has 2 unspecified atom stereocenters. The van der Waals surface area contributed by atoms with Gasteiger partial charge in [-0.1, -0.05) is 0 Å². The fourth-order valence-electron chi connectivity index (χ4n) is 3.77. The van der Waals surface area contributed by atoms with Gasteiger partial charge >= 0.3 is 6.18 Å². The molecule has 3 heterocycles. The Kier molecular flexibility index (Phi) is 3.25. The van der Waals surface area contributed by atoms with E-state index >= 15 is 0 Å². The van der Waals surface area contributed by atoms with Crippen LogP contribution in [0, 0.1) is 5.92 Å². The maximum Gasteiger partial charge on any atom is 0.389 e. The number of alkyl halides is 3. The maximum absolute atomic E-state index is 12.5. The average Bonchev–Trinajstić information content (AvgIpc) is 2.55. The lowest BCUT2D eigenvalue weighted by atomic mass is 9.86. The highest BCUT2D eigenvalue weighted by molar-refractivity contribution is 5.87. The minimum Gasteiger partial charge on any atom is -0.376 e. The molecule has 0 aromatic rings. The molecule has 0 aromatic carbocycles. The van der Waals surface area contributed by atoms with Crippen molar-refractivity contribution in [2.24, 2.45) is 5.92 Å². The van der Waals surface area contributed by atoms with Gasteiger partial charge in [0, 0.05) is 18.5 Å². The first kappa shape index (κ1) is 14.1. The summed E-state index contributed by atoms with van der Waals surface area (Å²) in [7, 11) is 0. The Labute approximate surface area is 114 Å². The molecule has 1 amide bonds. The Bertz CT molecular complexity index is 394. The molecular weight excluding hydrogens is 275 g/mol. The van der Waals surface area contributed by atoms with Crippen LogP contribution < -0.4 is 0 Å². The van der Waals surface area contributed by atoms with E-state index in [2.05, 4.69) is 0 Å². The van der Waals surface area contributed by atoms with E-state index in [1.807, 2.05) is 0 Å². The van der Waals surface area contributed by atoms with Crippen LogP contribution in [0.25, 0.3) is 0 Å². The van der Waals surface area contributed by atoms with Gasteiger partial charge in [0.2, 0.25) is 0 Å². The molecule has 3 rings (SSSR count). The van der Waals surface area contributed by atoms with E-state index in [0.717, 1.165) is 12.8 Å². The predicted molar refractivity (Wildman–Crippen MR) is 62.8 cm³/mol. The molecule has 114 valence electrons. The van der Waals surface area contributed by atoms with Crippen molar-refractivity contribution in [3.63, 3.8) is 0 Å². The number of fused-ring (bicyclic) bond motifs is 2. The summed E-state index contributed by atoms with van der Waals surface area (Å²) in [6.07, 6.45) is -2.66. The van der Waals surface area contributed by atoms with E-state index in [-0.39, 0.29) is 31.2 Å². The van der Waals surface area contributed by atoms with Gasteiger partial charge < -0.3 is 14.7 Å². The third-order valence-corrected chi connectivity index (χ3v) is 4.67. The van der Waals surface area contributed by atoms with Crippen LogP contribution in [0.1, 0.15) is 32.1 Å². The normalized spacial score (nSPS) is 35.8. The third kappa shape index (κ3) is 2.41. The second-order valence-electron chi connectivity index (χ2n) is 6.28. The number of hydrogen-bond donors (Lipinski definition) is 1. The lowest BCUT2D eigenvalue weighted by Crippen LogP contribution is -2.64. The SMILES string of the molecule is O=C(N1C2CCC1CC(CC(F)(F)F)C2)C1(O)COC1. The first-order valence-corrected chi connectivity index (χ1v) is 6.98. The summed E-state index contributed by atoms with van der Waals surface area (Å²) < 4.78 is 42.3. The van der Waals surface area contributed by atoms with Crippen LogP contribution in [0.15, 0.2) is 0 Å². The van der Waals surface area contributed by atoms with Gasteiger partial charge in [-0.3, -0.25) is 4.79 Å². The van der Waals surface area contributed by atoms with Gasteiger partial charge in [-0.2, -0.15) is 13.2 Å². The van der Waals surface area contributed by atoms with Crippen molar-refractivity contribution in [1.82, 2.24) is 4.90 Å². The monoisotopic (exact) mass is 293 g/mol. The van der Waals surface area contributed by atoms with Crippen molar-refractivity contribution in [2.45, 2.75) is 56.0 Å². The number of halogens is 3. The standard InChI is InChI=1S/C13H18F3NO3/c14-13(15,16)5-8-3-9-1-2-10(4-8)17(9)11(18)12(19)6-20-7-12/h8-10,19H,1-7H2. The zero-order valence-electron chi connectivity index (χ0n) is 11.0. The molecule has 3 saturated heterocycles. The topological polar surface area (TPSA) is 49.8 Å². The fourth-order valence-corrected chi connectivity index (χ4v) is 3.77. The molecule has 0 spiro atoms. The molecule has 3 aliphatic heterocycles. The van der Waals surface area contributed by atoms with Gasteiger partial charge in [0.05, 0.1) is 13.2 Å². The highest BCUT2D eigenvalue weighted by Crippen LogP contribution is 2.43. The first-order chi connectivity index (χ1) is 9.28. The van der Waals surface area contributed by atoms with Crippen LogP contribution in [0.4, 0.5) is 13.2 Å². The molecule has 4 nitrogen and oxygen atoms in total. The van der Waals surface area contributed by atoms with E-state index in [4.69, 9.17) is 4.74 Å². The zero-order valence-corrected chi connectivity index (χ0v) is 11.0. The summed E-state index contributed by atoms with van der Waals surface area (Å²) in [5.41, 5.74) is -1.45. The molecule has 1 N–H and O–H groups in total. The maximum atomic E-state index is 12.5. The van der Waals surface area contributed by atoms with Crippen LogP contribution >= 0.6 is 0 Å². The Morgan fingerprint density at radius 3 is 2.20 bits per heavy atom. The van der Waals surface area contributed by atoms with Gasteiger partial charge in [0.25, 0.3) is 5.91 Å². The molecule has 0 radical (unpaired) electrons. The van der Waals surface area contributed by atoms with Gasteiger partial charge in [-0.25, -0.2) is 0 Å². The molecule has 20 heavy (non-hydrogen) atoms. The zero-order chi connectivity index (χ0) is 14.5. The van der Waals surface area contributed by atoms with Gasteiger partial charge in [-0.15, -0.1) is 0 Å². The van der Waals surface area contributed by atoms with Crippen LogP contribution in [0.3, 0.4) is 0 Å². The van der Waals surface area contributed by atoms with Crippen LogP contribution in [-0.2, 0) is 9.53 Å². The molecule has 3 fully saturated rings. The van der Waals surface area contributed by atoms with Crippen molar-refractivity contribution in [1.29, 1.82) is 0 Å². The Morgan fingerprint density at radius 2 is 1.80 bits per heavy atom. The van der Waals surface area contributed by atoms with E-state index in [1.54, 1.807) is 4.90 Å². The number of piperidine rings is 1. The van der Waals surface area contributed by atoms with Crippen molar-refractivity contribution in [3.05, 3.63) is 0 Å². The van der Waals surface area contributed by atoms with E-state index in [9.17, 15) is 23.1 Å². The number of aliphatic hydroxyl groups is 1. The van der Waals surface area contributed by atoms with Gasteiger partial charge in [0.1, 0.15) is 0 Å². The fraction of sp³-hybridized carbons (Fsp3) is 0.923. The summed E-state index contributed by atoms with van der Waals surface area (Å²) in [5.74, 6) is -0.759. The van der Waals surface area contributed by atoms with E-state index < -0.39 is 24.1 Å². The Morgan fingerprint density at radius 1 is 1.25 bits per heavy atom. The molecule has 7 heteroatoms. The number of amides is 1. The van der Waals surface area contributed by atoms with Crippen LogP contribution in [-0.4, -0.2) is 53.0 Å². The largest absolute Gasteiger partial charge is 0.389 e. The second-order valence-corrected chi connectivity index (χ2v) is 6.28. The molecule has 3 aliphatic rings. The number of carbonyl (C=O) groups is 1. The van der Waals surface area contributed by atoms with E-state index in [1.165, 1.54) is 0 Å². The number of hydrogen-bond acceptors (Lipinski definition) is 3. The summed E-state index contributed by atoms with van der Waals surface area (Å²) in [4.78, 5) is 14.0. The number of rotatable bonds is 2. The number of ether oxygens (including phenoxy) is 1. The van der Waals surface area contributed by atoms with Crippen molar-refractivity contribution in [2.75, 3.05) is 13.2 Å². The second kappa shape index (κ2) is 4.59. The lowest BCUT2D eigenvalue weighted by Gasteiger charge is -2.45. The van der Waals surface area contributed by atoms with Crippen LogP contribution in [0.2, 0.25) is 0 Å². The summed E-state index contributed by atoms with van der Waals surface area (Å²) in [5, 5.41) is 10.1. The number of carbonyl (C=O) groups excluding carboxylic acids is 1. The van der Waals surface area contributed by atoms with Gasteiger partial charge in [-0.05, 0) is 31.6 Å². The summed E-state index contributed by atoms with van der Waals surface area (Å²) >= 11 is 0. The van der Waals surface area contributed by atoms with Gasteiger partial charge in [0.15, 0.2) is 5.60 Å². The summed E-state index contributed by atoms with van der Waals surface area (Å²) in [6, 6.07) is -0.309. The molecule has 2 atom stereocenters. The lowest BCUT2D eigenvalue weighted by molar-refractivity contribution is -0.204. The smallest absolute Gasteiger partial charge is 0.376 e. The van der Waals surface area contributed by atoms with Crippen molar-refractivity contribution < 1.29 is 27.8 Å². The molecule has 0 saturated carbocycles. The Hall–Kier alpha value is -0.820. The molecule has 0 aliphatic carbocycles. The first-order valence-electron chi connectivity index (χ1n) is 6.98. The Balaban J connectivity index is 1.67. The predicted octanol–water partition coefficient (Wildman–Crippen LogP) is 1.47. The summed E-state index contributed by atoms with van der Waals surface area (Å²) in [6.45, 7) is -0.0124. The van der Waals surface area contributed by atoms with E-state index in [0.29, 0.717) is 12.8 Å². The third-order valence-electron chi connectivity index (χ3n) is 4.67.